The molecule has 1 aromatic rings. The van der Waals surface area contributed by atoms with Crippen LogP contribution in [0.25, 0.3) is 0 Å². The van der Waals surface area contributed by atoms with Gasteiger partial charge in [0.15, 0.2) is 0 Å². The van der Waals surface area contributed by atoms with E-state index in [2.05, 4.69) is 5.92 Å². The number of thiophene rings is 1. The first-order chi connectivity index (χ1) is 8.24. The average molecular weight is 245 g/mol. The third kappa shape index (κ3) is 2.59. The van der Waals surface area contributed by atoms with E-state index in [-0.39, 0.29) is 5.91 Å². The first kappa shape index (κ1) is 11.9. The summed E-state index contributed by atoms with van der Waals surface area (Å²) in [6.07, 6.45) is 9.23. The lowest BCUT2D eigenvalue weighted by Crippen LogP contribution is -2.36. The van der Waals surface area contributed by atoms with Gasteiger partial charge in [-0.2, -0.15) is 0 Å². The Morgan fingerprint density at radius 2 is 2.41 bits per heavy atom. The number of carbonyl (C=O) groups is 1. The minimum absolute atomic E-state index is 0.175. The van der Waals surface area contributed by atoms with Crippen molar-refractivity contribution in [3.63, 3.8) is 0 Å². The first-order valence-electron chi connectivity index (χ1n) is 5.74. The quantitative estimate of drug-likeness (QED) is 0.579. The predicted molar refractivity (Wildman–Crippen MR) is 70.7 cm³/mol. The van der Waals surface area contributed by atoms with Crippen molar-refractivity contribution in [1.29, 1.82) is 0 Å². The van der Waals surface area contributed by atoms with Crippen molar-refractivity contribution in [2.75, 3.05) is 6.54 Å². The molecule has 0 N–H and O–H groups in total. The second-order valence-corrected chi connectivity index (χ2v) is 5.22. The van der Waals surface area contributed by atoms with Crippen molar-refractivity contribution in [2.24, 2.45) is 0 Å². The standard InChI is InChI=1S/C14H15NOS/c1-3-11-6-5-9-15(14(11)16)10-13-8-7-12(4-2)17-13/h2-3,7-8H,5-6,9-10H2,1H3/b11-3+. The van der Waals surface area contributed by atoms with E-state index in [0.717, 1.165) is 34.7 Å². The highest BCUT2D eigenvalue weighted by Crippen LogP contribution is 2.22. The number of carbonyl (C=O) groups excluding carboxylic acids is 1. The zero-order valence-corrected chi connectivity index (χ0v) is 10.7. The van der Waals surface area contributed by atoms with Gasteiger partial charge in [0.1, 0.15) is 0 Å². The maximum Gasteiger partial charge on any atom is 0.249 e. The molecule has 1 amide bonds. The van der Waals surface area contributed by atoms with Crippen LogP contribution in [0.5, 0.6) is 0 Å². The van der Waals surface area contributed by atoms with Crippen LogP contribution in [0.1, 0.15) is 29.5 Å². The van der Waals surface area contributed by atoms with Crippen molar-refractivity contribution in [1.82, 2.24) is 4.90 Å². The Labute approximate surface area is 106 Å². The topological polar surface area (TPSA) is 20.3 Å². The summed E-state index contributed by atoms with van der Waals surface area (Å²) in [4.78, 5) is 16.0. The van der Waals surface area contributed by atoms with Gasteiger partial charge in [0.05, 0.1) is 11.4 Å². The minimum atomic E-state index is 0.175. The third-order valence-electron chi connectivity index (χ3n) is 2.94. The first-order valence-corrected chi connectivity index (χ1v) is 6.56. The highest BCUT2D eigenvalue weighted by atomic mass is 32.1. The van der Waals surface area contributed by atoms with Gasteiger partial charge in [0.25, 0.3) is 0 Å². The lowest BCUT2D eigenvalue weighted by Gasteiger charge is -2.27. The van der Waals surface area contributed by atoms with E-state index in [4.69, 9.17) is 6.42 Å². The van der Waals surface area contributed by atoms with Crippen LogP contribution in [-0.4, -0.2) is 17.4 Å². The van der Waals surface area contributed by atoms with Gasteiger partial charge < -0.3 is 4.90 Å². The summed E-state index contributed by atoms with van der Waals surface area (Å²) in [6, 6.07) is 3.95. The third-order valence-corrected chi connectivity index (χ3v) is 3.94. The van der Waals surface area contributed by atoms with Crippen LogP contribution in [0.15, 0.2) is 23.8 Å². The fourth-order valence-corrected chi connectivity index (χ4v) is 2.85. The largest absolute Gasteiger partial charge is 0.334 e. The number of piperidine rings is 1. The Balaban J connectivity index is 2.08. The summed E-state index contributed by atoms with van der Waals surface area (Å²) < 4.78 is 0. The average Bonchev–Trinajstić information content (AvgIpc) is 2.79. The van der Waals surface area contributed by atoms with Gasteiger partial charge in [-0.1, -0.05) is 12.0 Å². The van der Waals surface area contributed by atoms with Gasteiger partial charge in [-0.3, -0.25) is 4.79 Å². The van der Waals surface area contributed by atoms with Gasteiger partial charge in [-0.15, -0.1) is 17.8 Å². The molecule has 1 aromatic heterocycles. The molecule has 2 nitrogen and oxygen atoms in total. The highest BCUT2D eigenvalue weighted by Gasteiger charge is 2.22. The molecule has 3 heteroatoms. The maximum absolute atomic E-state index is 12.1. The Morgan fingerprint density at radius 3 is 3.06 bits per heavy atom. The van der Waals surface area contributed by atoms with Crippen LogP contribution in [0, 0.1) is 12.3 Å². The smallest absolute Gasteiger partial charge is 0.249 e. The minimum Gasteiger partial charge on any atom is -0.334 e. The summed E-state index contributed by atoms with van der Waals surface area (Å²) in [6.45, 7) is 3.46. The summed E-state index contributed by atoms with van der Waals surface area (Å²) >= 11 is 1.59. The van der Waals surface area contributed by atoms with E-state index >= 15 is 0 Å². The zero-order chi connectivity index (χ0) is 12.3. The van der Waals surface area contributed by atoms with Gasteiger partial charge in [-0.05, 0) is 31.9 Å². The second-order valence-electron chi connectivity index (χ2n) is 4.05. The molecule has 0 radical (unpaired) electrons. The van der Waals surface area contributed by atoms with Gasteiger partial charge >= 0.3 is 0 Å². The van der Waals surface area contributed by atoms with E-state index in [1.165, 1.54) is 0 Å². The molecule has 2 heterocycles. The summed E-state index contributed by atoms with van der Waals surface area (Å²) in [7, 11) is 0. The van der Waals surface area contributed by atoms with E-state index in [0.29, 0.717) is 6.54 Å². The van der Waals surface area contributed by atoms with Crippen LogP contribution in [0.4, 0.5) is 0 Å². The van der Waals surface area contributed by atoms with E-state index in [1.807, 2.05) is 30.0 Å². The molecule has 1 aliphatic rings. The van der Waals surface area contributed by atoms with E-state index in [1.54, 1.807) is 11.3 Å². The second kappa shape index (κ2) is 5.20. The number of hydrogen-bond donors (Lipinski definition) is 0. The molecule has 2 rings (SSSR count). The van der Waals surface area contributed by atoms with Crippen molar-refractivity contribution >= 4 is 17.2 Å². The molecule has 0 spiro atoms. The summed E-state index contributed by atoms with van der Waals surface area (Å²) in [5, 5.41) is 0. The van der Waals surface area contributed by atoms with Crippen molar-refractivity contribution in [3.05, 3.63) is 33.5 Å². The van der Waals surface area contributed by atoms with Crippen molar-refractivity contribution < 1.29 is 4.79 Å². The molecule has 0 bridgehead atoms. The predicted octanol–water partition coefficient (Wildman–Crippen LogP) is 2.80. The fraction of sp³-hybridized carbons (Fsp3) is 0.357. The Hall–Kier alpha value is -1.53. The molecule has 88 valence electrons. The van der Waals surface area contributed by atoms with E-state index in [9.17, 15) is 4.79 Å². The maximum atomic E-state index is 12.1. The number of likely N-dealkylation sites (tertiary alicyclic amines) is 1. The summed E-state index contributed by atoms with van der Waals surface area (Å²) in [5.41, 5.74) is 0.935. The van der Waals surface area contributed by atoms with Crippen LogP contribution in [0.2, 0.25) is 0 Å². The van der Waals surface area contributed by atoms with Gasteiger partial charge in [0.2, 0.25) is 5.91 Å². The highest BCUT2D eigenvalue weighted by molar-refractivity contribution is 7.12. The lowest BCUT2D eigenvalue weighted by molar-refractivity contribution is -0.129. The number of terminal acetylenes is 1. The molecule has 0 aromatic carbocycles. The number of nitrogens with zero attached hydrogens (tertiary/aromatic N) is 1. The molecule has 17 heavy (non-hydrogen) atoms. The number of allylic oxidation sites excluding steroid dienone is 1. The fourth-order valence-electron chi connectivity index (χ4n) is 2.02. The van der Waals surface area contributed by atoms with E-state index < -0.39 is 0 Å². The Morgan fingerprint density at radius 1 is 1.59 bits per heavy atom. The normalized spacial score (nSPS) is 18.5. The Kier molecular flexibility index (Phi) is 3.65. The van der Waals surface area contributed by atoms with Gasteiger partial charge in [0, 0.05) is 17.0 Å². The lowest BCUT2D eigenvalue weighted by atomic mass is 10.0. The molecule has 1 saturated heterocycles. The van der Waals surface area contributed by atoms with Crippen LogP contribution in [0.3, 0.4) is 0 Å². The summed E-state index contributed by atoms with van der Waals surface area (Å²) in [5.74, 6) is 2.79. The molecule has 0 saturated carbocycles. The Bertz CT molecular complexity index is 493. The van der Waals surface area contributed by atoms with Crippen molar-refractivity contribution in [2.45, 2.75) is 26.3 Å². The molecule has 0 unspecified atom stereocenters. The van der Waals surface area contributed by atoms with Crippen molar-refractivity contribution in [3.8, 4) is 12.3 Å². The monoisotopic (exact) mass is 245 g/mol. The van der Waals surface area contributed by atoms with Crippen LogP contribution < -0.4 is 0 Å². The number of hydrogen-bond acceptors (Lipinski definition) is 2. The molecule has 1 aliphatic heterocycles. The molecule has 0 atom stereocenters. The number of amides is 1. The van der Waals surface area contributed by atoms with Crippen LogP contribution in [-0.2, 0) is 11.3 Å². The molecular formula is C14H15NOS. The SMILES string of the molecule is C#Cc1ccc(CN2CCC/C(=C\C)C2=O)s1. The van der Waals surface area contributed by atoms with Gasteiger partial charge in [-0.25, -0.2) is 0 Å². The molecular weight excluding hydrogens is 230 g/mol. The van der Waals surface area contributed by atoms with Crippen LogP contribution >= 0.6 is 11.3 Å². The zero-order valence-electron chi connectivity index (χ0n) is 9.90. The molecule has 0 aliphatic carbocycles. The molecule has 1 fully saturated rings. The number of rotatable bonds is 2.